The van der Waals surface area contributed by atoms with Gasteiger partial charge in [0.15, 0.2) is 0 Å². The van der Waals surface area contributed by atoms with Gasteiger partial charge in [-0.15, -0.1) is 46.7 Å². The van der Waals surface area contributed by atoms with Gasteiger partial charge in [0.25, 0.3) is 0 Å². The van der Waals surface area contributed by atoms with Crippen LogP contribution in [0.3, 0.4) is 0 Å². The molecule has 0 N–H and O–H groups in total. The van der Waals surface area contributed by atoms with Crippen LogP contribution in [-0.2, 0) is 35.1 Å². The van der Waals surface area contributed by atoms with Gasteiger partial charge in [-0.2, -0.15) is 6.08 Å². The van der Waals surface area contributed by atoms with Crippen molar-refractivity contribution in [1.82, 2.24) is 0 Å². The van der Waals surface area contributed by atoms with E-state index in [-0.39, 0.29) is 35.6 Å². The van der Waals surface area contributed by atoms with Crippen molar-refractivity contribution in [2.45, 2.75) is 87.0 Å². The zero-order valence-electron chi connectivity index (χ0n) is 23.5. The fourth-order valence-electron chi connectivity index (χ4n) is 3.95. The second kappa shape index (κ2) is 13.6. The summed E-state index contributed by atoms with van der Waals surface area (Å²) in [4.78, 5) is 0. The molecule has 0 aromatic heterocycles. The third-order valence-corrected chi connectivity index (χ3v) is 5.97. The van der Waals surface area contributed by atoms with Crippen LogP contribution >= 0.6 is 0 Å². The van der Waals surface area contributed by atoms with Gasteiger partial charge in [0.1, 0.15) is 0 Å². The SMILES string of the molecule is CC(C)(C)c1ccc2c(c1)[cH-]c1cc(C(C)(C)C)ccc12.CC1=[C-]C(C)C=C1C.C[C](C)=[Zr+2].[Cl-].[Cl-]. The maximum atomic E-state index is 3.29. The van der Waals surface area contributed by atoms with E-state index in [1.54, 1.807) is 24.2 Å². The first-order chi connectivity index (χ1) is 15.1. The van der Waals surface area contributed by atoms with Gasteiger partial charge in [-0.3, -0.25) is 6.08 Å². The summed E-state index contributed by atoms with van der Waals surface area (Å²) < 4.78 is 1.51. The molecule has 0 radical (unpaired) electrons. The van der Waals surface area contributed by atoms with Crippen molar-refractivity contribution in [3.8, 4) is 0 Å². The monoisotopic (exact) mass is 586 g/mol. The summed E-state index contributed by atoms with van der Waals surface area (Å²) in [5.41, 5.74) is 5.92. The molecule has 1 aliphatic rings. The molecule has 4 rings (SSSR count). The molecule has 0 aliphatic heterocycles. The number of hydrogen-bond acceptors (Lipinski definition) is 0. The Balaban J connectivity index is 0.000000692. The Hall–Kier alpha value is -0.877. The van der Waals surface area contributed by atoms with Crippen molar-refractivity contribution in [3.05, 3.63) is 76.9 Å². The third-order valence-electron chi connectivity index (χ3n) is 5.97. The van der Waals surface area contributed by atoms with Crippen molar-refractivity contribution in [3.63, 3.8) is 0 Å². The van der Waals surface area contributed by atoms with E-state index in [2.05, 4.69) is 131 Å². The molecule has 0 spiro atoms. The van der Waals surface area contributed by atoms with Gasteiger partial charge < -0.3 is 24.8 Å². The van der Waals surface area contributed by atoms with Gasteiger partial charge in [-0.25, -0.2) is 11.1 Å². The van der Waals surface area contributed by atoms with E-state index in [0.29, 0.717) is 5.92 Å². The zero-order valence-corrected chi connectivity index (χ0v) is 27.4. The molecule has 35 heavy (non-hydrogen) atoms. The van der Waals surface area contributed by atoms with E-state index in [9.17, 15) is 0 Å². The Bertz CT molecular complexity index is 1100. The van der Waals surface area contributed by atoms with Crippen LogP contribution in [0.4, 0.5) is 0 Å². The minimum Gasteiger partial charge on any atom is -1.00 e. The van der Waals surface area contributed by atoms with E-state index in [1.807, 2.05) is 0 Å². The van der Waals surface area contributed by atoms with E-state index in [0.717, 1.165) is 0 Å². The Morgan fingerprint density at radius 3 is 1.40 bits per heavy atom. The molecule has 0 amide bonds. The van der Waals surface area contributed by atoms with Gasteiger partial charge in [-0.1, -0.05) is 96.7 Å². The maximum Gasteiger partial charge on any atom is -1.00 e. The van der Waals surface area contributed by atoms with Gasteiger partial charge >= 0.3 is 41.3 Å². The second-order valence-corrected chi connectivity index (χ2v) is 14.1. The predicted molar refractivity (Wildman–Crippen MR) is 146 cm³/mol. The number of fused-ring (bicyclic) bond motifs is 3. The normalized spacial score (nSPS) is 15.1. The third kappa shape index (κ3) is 9.83. The van der Waals surface area contributed by atoms with Gasteiger partial charge in [-0.05, 0) is 10.8 Å². The molecular weight excluding hydrogens is 546 g/mol. The van der Waals surface area contributed by atoms with Crippen LogP contribution < -0.4 is 24.8 Å². The Morgan fingerprint density at radius 2 is 1.17 bits per heavy atom. The van der Waals surface area contributed by atoms with E-state index >= 15 is 0 Å². The summed E-state index contributed by atoms with van der Waals surface area (Å²) in [5, 5.41) is 5.48. The van der Waals surface area contributed by atoms with Gasteiger partial charge in [0.05, 0.1) is 0 Å². The van der Waals surface area contributed by atoms with Crippen molar-refractivity contribution >= 4 is 24.8 Å². The Labute approximate surface area is 242 Å². The summed E-state index contributed by atoms with van der Waals surface area (Å²) in [5.74, 6) is 0.551. The summed E-state index contributed by atoms with van der Waals surface area (Å²) in [6.07, 6.45) is 5.52. The summed E-state index contributed by atoms with van der Waals surface area (Å²) in [6.45, 7) is 24.3. The average Bonchev–Trinajstić information content (AvgIpc) is 3.17. The summed E-state index contributed by atoms with van der Waals surface area (Å²) in [7, 11) is 0. The van der Waals surface area contributed by atoms with Crippen molar-refractivity contribution < 1.29 is 49.0 Å². The smallest absolute Gasteiger partial charge is 1.00 e. The predicted octanol–water partition coefficient (Wildman–Crippen LogP) is 3.39. The second-order valence-electron chi connectivity index (χ2n) is 11.7. The van der Waals surface area contributed by atoms with E-state index < -0.39 is 0 Å². The molecule has 0 saturated carbocycles. The largest absolute Gasteiger partial charge is 1.00 e. The number of allylic oxidation sites excluding steroid dienone is 4. The van der Waals surface area contributed by atoms with E-state index in [4.69, 9.17) is 0 Å². The Morgan fingerprint density at radius 1 is 0.800 bits per heavy atom. The minimum absolute atomic E-state index is 0. The molecular formula is C32H42Cl2Zr-2. The molecule has 1 unspecified atom stereocenters. The van der Waals surface area contributed by atoms with Crippen LogP contribution in [0.2, 0.25) is 0 Å². The minimum atomic E-state index is 0. The van der Waals surface area contributed by atoms with Crippen LogP contribution in [-0.4, -0.2) is 3.21 Å². The van der Waals surface area contributed by atoms with Crippen molar-refractivity contribution in [1.29, 1.82) is 0 Å². The van der Waals surface area contributed by atoms with Crippen molar-refractivity contribution in [2.24, 2.45) is 5.92 Å². The van der Waals surface area contributed by atoms with Gasteiger partial charge in [0, 0.05) is 0 Å². The van der Waals surface area contributed by atoms with Gasteiger partial charge in [0.2, 0.25) is 0 Å². The first-order valence-electron chi connectivity index (χ1n) is 12.0. The topological polar surface area (TPSA) is 0 Å². The van der Waals surface area contributed by atoms with Crippen LogP contribution in [0.1, 0.15) is 87.3 Å². The quantitative estimate of drug-likeness (QED) is 0.354. The number of rotatable bonds is 0. The number of benzene rings is 2. The molecule has 3 heteroatoms. The average molecular weight is 589 g/mol. The maximum absolute atomic E-state index is 3.29. The molecule has 0 heterocycles. The van der Waals surface area contributed by atoms with Crippen LogP contribution in [0.5, 0.6) is 0 Å². The fraction of sp³-hybridized carbons (Fsp3) is 0.438. The zero-order chi connectivity index (χ0) is 25.1. The molecule has 0 saturated heterocycles. The molecule has 3 aromatic carbocycles. The molecule has 3 aromatic rings. The molecule has 0 nitrogen and oxygen atoms in total. The Kier molecular flexibility index (Phi) is 13.3. The first kappa shape index (κ1) is 34.1. The molecule has 1 atom stereocenters. The fourth-order valence-corrected chi connectivity index (χ4v) is 3.95. The van der Waals surface area contributed by atoms with Crippen molar-refractivity contribution in [2.75, 3.05) is 0 Å². The molecule has 1 aliphatic carbocycles. The molecule has 0 fully saturated rings. The number of hydrogen-bond donors (Lipinski definition) is 0. The summed E-state index contributed by atoms with van der Waals surface area (Å²) in [6, 6.07) is 16.2. The molecule has 190 valence electrons. The van der Waals surface area contributed by atoms with Crippen LogP contribution in [0.15, 0.2) is 59.7 Å². The first-order valence-corrected chi connectivity index (χ1v) is 13.3. The summed E-state index contributed by atoms with van der Waals surface area (Å²) >= 11 is 1.55. The standard InChI is InChI=1S/C21H25.C8H11.C3H6.2ClH.Zr/c1-20(2,3)16-7-9-18-14(12-16)11-15-13-17(21(4,5)6)8-10-19(15)18;1-6-4-7(2)8(3)5-6;1-3-2;;;/h7-13H,1-6H3;4,6H,1-3H3;1-2H3;2*1H;/q2*-1;;;;+2/p-2. The number of halogens is 2. The molecule has 0 bridgehead atoms. The van der Waals surface area contributed by atoms with Crippen LogP contribution in [0, 0.1) is 12.0 Å². The van der Waals surface area contributed by atoms with E-state index in [1.165, 1.54) is 47.0 Å². The van der Waals surface area contributed by atoms with Crippen LogP contribution in [0.25, 0.3) is 21.5 Å².